The van der Waals surface area contributed by atoms with Gasteiger partial charge in [0.2, 0.25) is 11.8 Å². The Morgan fingerprint density at radius 2 is 1.89 bits per heavy atom. The van der Waals surface area contributed by atoms with Crippen LogP contribution < -0.4 is 16.1 Å². The van der Waals surface area contributed by atoms with Crippen molar-refractivity contribution in [3.05, 3.63) is 64.9 Å². The molecule has 2 fully saturated rings. The number of hydrogen-bond donors (Lipinski definition) is 4. The molecule has 1 atom stereocenters. The largest absolute Gasteiger partial charge is 0.383 e. The summed E-state index contributed by atoms with van der Waals surface area (Å²) in [6.07, 6.45) is 6.93. The average Bonchev–Trinajstić information content (AvgIpc) is 3.64. The Balaban J connectivity index is 1.17. The first kappa shape index (κ1) is 32.4. The van der Waals surface area contributed by atoms with Crippen LogP contribution in [-0.4, -0.2) is 110 Å². The fraction of sp³-hybridized carbons (Fsp3) is 0.394. The first-order valence-electron chi connectivity index (χ1n) is 15.4. The molecule has 2 amide bonds. The first-order valence-corrected chi connectivity index (χ1v) is 15.4. The predicted molar refractivity (Wildman–Crippen MR) is 182 cm³/mol. The van der Waals surface area contributed by atoms with Gasteiger partial charge in [-0.3, -0.25) is 35.2 Å². The number of amides is 2. The van der Waals surface area contributed by atoms with E-state index in [-0.39, 0.29) is 29.8 Å². The van der Waals surface area contributed by atoms with E-state index >= 15 is 0 Å². The van der Waals surface area contributed by atoms with Gasteiger partial charge in [0.1, 0.15) is 29.4 Å². The van der Waals surface area contributed by atoms with E-state index in [0.29, 0.717) is 62.9 Å². The number of likely N-dealkylation sites (tertiary alicyclic amines) is 1. The Labute approximate surface area is 269 Å². The molecule has 46 heavy (non-hydrogen) atoms. The molecule has 5 rings (SSSR count). The zero-order chi connectivity index (χ0) is 32.8. The van der Waals surface area contributed by atoms with Crippen LogP contribution in [0.1, 0.15) is 41.6 Å². The van der Waals surface area contributed by atoms with Crippen molar-refractivity contribution in [2.75, 3.05) is 58.3 Å². The number of carbonyl (C=O) groups is 2. The highest BCUT2D eigenvalue weighted by molar-refractivity contribution is 6.64. The van der Waals surface area contributed by atoms with Gasteiger partial charge in [0, 0.05) is 45.8 Å². The number of hydrogen-bond acceptors (Lipinski definition) is 9. The summed E-state index contributed by atoms with van der Waals surface area (Å²) in [4.78, 5) is 45.3. The summed E-state index contributed by atoms with van der Waals surface area (Å²) >= 11 is 0. The summed E-state index contributed by atoms with van der Waals surface area (Å²) in [7, 11) is 3.26. The smallest absolute Gasteiger partial charge is 0.237 e. The number of rotatable bonds is 10. The van der Waals surface area contributed by atoms with Crippen molar-refractivity contribution in [3.8, 4) is 0 Å². The number of amidine groups is 1. The summed E-state index contributed by atoms with van der Waals surface area (Å²) in [6.45, 7) is 5.04. The average molecular weight is 624 g/mol. The predicted octanol–water partition coefficient (Wildman–Crippen LogP) is 2.09. The molecule has 0 bridgehead atoms. The molecular weight excluding hydrogens is 582 g/mol. The standard InChI is InChI=1S/C33H41N11O2/c1-22-4-9-27(41-30(22)29(35)26(34)18-40-38-3)44-17-13-33(32(44)46)12-16-42(20-33)19-28(45)43-14-10-24(11-15-43)23-5-7-25(8-6-23)31(36)39-21-37-2/h4-10,18,21,34-35,38H,11-17,19-20H2,1-3H3,(H2,36,37,39)/b34-26?,35-29?,40-18-/t33-/m0/s1. The molecule has 0 radical (unpaired) electrons. The van der Waals surface area contributed by atoms with Crippen molar-refractivity contribution in [2.24, 2.45) is 26.2 Å². The van der Waals surface area contributed by atoms with Crippen LogP contribution in [0, 0.1) is 23.2 Å². The van der Waals surface area contributed by atoms with E-state index in [0.717, 1.165) is 23.1 Å². The highest BCUT2D eigenvalue weighted by Gasteiger charge is 2.51. The summed E-state index contributed by atoms with van der Waals surface area (Å²) in [6, 6.07) is 11.6. The summed E-state index contributed by atoms with van der Waals surface area (Å²) in [5.74, 6) is 0.965. The maximum atomic E-state index is 13.8. The number of aromatic nitrogens is 1. The molecule has 0 unspecified atom stereocenters. The number of nitrogens with two attached hydrogens (primary N) is 1. The van der Waals surface area contributed by atoms with Crippen LogP contribution in [0.25, 0.3) is 5.57 Å². The third kappa shape index (κ3) is 6.79. The van der Waals surface area contributed by atoms with Gasteiger partial charge in [-0.05, 0) is 55.5 Å². The van der Waals surface area contributed by atoms with E-state index in [2.05, 4.69) is 36.5 Å². The minimum atomic E-state index is -0.550. The van der Waals surface area contributed by atoms with Crippen LogP contribution in [0.4, 0.5) is 5.82 Å². The van der Waals surface area contributed by atoms with Crippen LogP contribution in [0.5, 0.6) is 0 Å². The number of hydrazone groups is 1. The lowest BCUT2D eigenvalue weighted by Gasteiger charge is -2.29. The van der Waals surface area contributed by atoms with E-state index in [1.165, 1.54) is 18.1 Å². The molecule has 1 aromatic heterocycles. The molecule has 2 saturated heterocycles. The van der Waals surface area contributed by atoms with Gasteiger partial charge in [0.05, 0.1) is 23.9 Å². The maximum absolute atomic E-state index is 13.8. The molecule has 1 spiro atoms. The number of pyridine rings is 1. The molecule has 13 nitrogen and oxygen atoms in total. The zero-order valence-corrected chi connectivity index (χ0v) is 26.6. The monoisotopic (exact) mass is 623 g/mol. The first-order chi connectivity index (χ1) is 22.2. The van der Waals surface area contributed by atoms with E-state index in [9.17, 15) is 9.59 Å². The van der Waals surface area contributed by atoms with Crippen molar-refractivity contribution in [2.45, 2.75) is 26.2 Å². The summed E-state index contributed by atoms with van der Waals surface area (Å²) in [5, 5.41) is 20.4. The molecule has 5 N–H and O–H groups in total. The van der Waals surface area contributed by atoms with Gasteiger partial charge in [-0.25, -0.2) is 9.98 Å². The second-order valence-electron chi connectivity index (χ2n) is 11.8. The summed E-state index contributed by atoms with van der Waals surface area (Å²) in [5.41, 5.74) is 12.1. The molecule has 0 aliphatic carbocycles. The van der Waals surface area contributed by atoms with E-state index in [1.54, 1.807) is 25.1 Å². The van der Waals surface area contributed by atoms with Gasteiger partial charge in [0.15, 0.2) is 0 Å². The minimum absolute atomic E-state index is 0.00574. The van der Waals surface area contributed by atoms with Crippen molar-refractivity contribution in [3.63, 3.8) is 0 Å². The number of benzene rings is 1. The zero-order valence-electron chi connectivity index (χ0n) is 26.6. The Bertz CT molecular complexity index is 1640. The lowest BCUT2D eigenvalue weighted by Crippen LogP contribution is -2.43. The van der Waals surface area contributed by atoms with Gasteiger partial charge in [-0.15, -0.1) is 0 Å². The van der Waals surface area contributed by atoms with Crippen molar-refractivity contribution in [1.29, 1.82) is 10.8 Å². The van der Waals surface area contributed by atoms with Crippen molar-refractivity contribution < 1.29 is 9.59 Å². The van der Waals surface area contributed by atoms with Gasteiger partial charge < -0.3 is 16.1 Å². The molecule has 1 aromatic carbocycles. The highest BCUT2D eigenvalue weighted by atomic mass is 16.2. The van der Waals surface area contributed by atoms with Gasteiger partial charge >= 0.3 is 0 Å². The van der Waals surface area contributed by atoms with Gasteiger partial charge in [0.25, 0.3) is 0 Å². The molecule has 240 valence electrons. The van der Waals surface area contributed by atoms with E-state index in [1.807, 2.05) is 42.2 Å². The third-order valence-corrected chi connectivity index (χ3v) is 8.92. The lowest BCUT2D eigenvalue weighted by molar-refractivity contribution is -0.132. The fourth-order valence-corrected chi connectivity index (χ4v) is 6.25. The van der Waals surface area contributed by atoms with Gasteiger partial charge in [-0.2, -0.15) is 5.10 Å². The molecule has 0 saturated carbocycles. The lowest BCUT2D eigenvalue weighted by atomic mass is 9.85. The summed E-state index contributed by atoms with van der Waals surface area (Å²) < 4.78 is 0. The molecule has 13 heteroatoms. The number of anilines is 1. The second-order valence-corrected chi connectivity index (χ2v) is 11.8. The van der Waals surface area contributed by atoms with Crippen LogP contribution in [0.3, 0.4) is 0 Å². The Morgan fingerprint density at radius 3 is 2.59 bits per heavy atom. The Hall–Kier alpha value is -5.04. The number of carbonyl (C=O) groups excluding carboxylic acids is 2. The molecular formula is C33H41N11O2. The molecule has 2 aromatic rings. The molecule has 3 aliphatic rings. The topological polar surface area (TPSA) is 180 Å². The van der Waals surface area contributed by atoms with Crippen LogP contribution in [0.15, 0.2) is 57.6 Å². The van der Waals surface area contributed by atoms with E-state index in [4.69, 9.17) is 16.6 Å². The number of aryl methyl sites for hydroxylation is 1. The van der Waals surface area contributed by atoms with Crippen molar-refractivity contribution >= 4 is 53.0 Å². The third-order valence-electron chi connectivity index (χ3n) is 8.92. The normalized spacial score (nSPS) is 20.7. The SMILES string of the molecule is CN=CN=C(N)c1ccc(C2=CCN(C(=O)CN3CC[C@]4(CCN(c5ccc(C)c(C(=N)C(=N)/C=N\NC)n5)C4=O)C3)CC2)cc1. The van der Waals surface area contributed by atoms with Crippen LogP contribution in [-0.2, 0) is 9.59 Å². The quantitative estimate of drug-likeness (QED) is 0.179. The molecule has 3 aliphatic heterocycles. The number of aliphatic imine (C=N–C) groups is 2. The van der Waals surface area contributed by atoms with Crippen molar-refractivity contribution in [1.82, 2.24) is 20.2 Å². The second kappa shape index (κ2) is 13.9. The van der Waals surface area contributed by atoms with E-state index < -0.39 is 5.41 Å². The fourth-order valence-electron chi connectivity index (χ4n) is 6.25. The van der Waals surface area contributed by atoms with Crippen LogP contribution in [0.2, 0.25) is 0 Å². The minimum Gasteiger partial charge on any atom is -0.383 e. The maximum Gasteiger partial charge on any atom is 0.237 e. The highest BCUT2D eigenvalue weighted by Crippen LogP contribution is 2.42. The molecule has 4 heterocycles. The van der Waals surface area contributed by atoms with Crippen LogP contribution >= 0.6 is 0 Å². The Morgan fingerprint density at radius 1 is 1.13 bits per heavy atom. The number of nitrogens with zero attached hydrogens (tertiary/aromatic N) is 7. The number of nitrogens with one attached hydrogen (secondary N) is 3. The Kier molecular flexibility index (Phi) is 9.81. The van der Waals surface area contributed by atoms with Gasteiger partial charge in [-0.1, -0.05) is 36.4 Å².